The van der Waals surface area contributed by atoms with E-state index in [1.54, 1.807) is 13.0 Å². The van der Waals surface area contributed by atoms with Gasteiger partial charge in [-0.05, 0) is 48.9 Å². The van der Waals surface area contributed by atoms with Crippen LogP contribution in [0.5, 0.6) is 0 Å². The number of aryl methyl sites for hydroxylation is 1. The number of hydrogen-bond acceptors (Lipinski definition) is 8. The summed E-state index contributed by atoms with van der Waals surface area (Å²) in [6.45, 7) is 5.98. The Morgan fingerprint density at radius 1 is 1.11 bits per heavy atom. The van der Waals surface area contributed by atoms with Crippen LogP contribution in [0.1, 0.15) is 5.56 Å². The summed E-state index contributed by atoms with van der Waals surface area (Å²) in [6.07, 6.45) is 1.25. The molecular formula is C25H23F3N8O. The second-order valence-corrected chi connectivity index (χ2v) is 7.68. The van der Waals surface area contributed by atoms with Crippen LogP contribution in [0.15, 0.2) is 65.7 Å². The van der Waals surface area contributed by atoms with Gasteiger partial charge in [0, 0.05) is 30.1 Å². The van der Waals surface area contributed by atoms with Crippen LogP contribution >= 0.6 is 0 Å². The number of nitrogens with two attached hydrogens (primary N) is 2. The van der Waals surface area contributed by atoms with Crippen LogP contribution in [0.4, 0.5) is 19.1 Å². The molecule has 0 amide bonds. The van der Waals surface area contributed by atoms with Gasteiger partial charge in [-0.15, -0.1) is 0 Å². The maximum Gasteiger partial charge on any atom is 0.256 e. The zero-order chi connectivity index (χ0) is 27.1. The molecule has 37 heavy (non-hydrogen) atoms. The second kappa shape index (κ2) is 11.6. The summed E-state index contributed by atoms with van der Waals surface area (Å²) >= 11 is 0. The lowest BCUT2D eigenvalue weighted by Gasteiger charge is -2.16. The number of fused-ring (bicyclic) bond motifs is 1. The summed E-state index contributed by atoms with van der Waals surface area (Å²) < 4.78 is 44.0. The van der Waals surface area contributed by atoms with Gasteiger partial charge in [0.15, 0.2) is 11.8 Å². The van der Waals surface area contributed by atoms with Crippen LogP contribution in [-0.4, -0.2) is 27.6 Å². The Bertz CT molecular complexity index is 1540. The third-order valence-electron chi connectivity index (χ3n) is 5.12. The number of benzene rings is 2. The molecule has 0 fully saturated rings. The topological polar surface area (TPSA) is 148 Å². The summed E-state index contributed by atoms with van der Waals surface area (Å²) in [6, 6.07) is 10.2. The highest BCUT2D eigenvalue weighted by Crippen LogP contribution is 2.31. The van der Waals surface area contributed by atoms with Gasteiger partial charge in [-0.25, -0.2) is 18.2 Å². The van der Waals surface area contributed by atoms with Gasteiger partial charge in [0.25, 0.3) is 5.56 Å². The largest absolute Gasteiger partial charge is 0.386 e. The monoisotopic (exact) mass is 508 g/mol. The fourth-order valence-electron chi connectivity index (χ4n) is 3.61. The number of nitriles is 1. The van der Waals surface area contributed by atoms with Crippen molar-refractivity contribution in [2.45, 2.75) is 6.92 Å². The van der Waals surface area contributed by atoms with Crippen molar-refractivity contribution in [1.82, 2.24) is 19.9 Å². The van der Waals surface area contributed by atoms with E-state index in [-0.39, 0.29) is 17.4 Å². The summed E-state index contributed by atoms with van der Waals surface area (Å²) in [5.74, 6) is -1.88. The molecule has 2 heterocycles. The summed E-state index contributed by atoms with van der Waals surface area (Å²) in [7, 11) is 0. The molecule has 0 aliphatic heterocycles. The minimum atomic E-state index is -0.923. The van der Waals surface area contributed by atoms with Crippen LogP contribution in [0.2, 0.25) is 0 Å². The van der Waals surface area contributed by atoms with E-state index < -0.39 is 28.7 Å². The van der Waals surface area contributed by atoms with E-state index in [9.17, 15) is 18.0 Å². The highest BCUT2D eigenvalue weighted by atomic mass is 19.1. The summed E-state index contributed by atoms with van der Waals surface area (Å²) in [5, 5.41) is 13.3. The highest BCUT2D eigenvalue weighted by molar-refractivity contribution is 5.93. The molecular weight excluding hydrogens is 485 g/mol. The number of nitrogens with one attached hydrogen (secondary N) is 2. The van der Waals surface area contributed by atoms with E-state index in [1.165, 1.54) is 36.5 Å². The fraction of sp³-hybridized carbons (Fsp3) is 0.120. The second-order valence-electron chi connectivity index (χ2n) is 7.68. The normalized spacial score (nSPS) is 10.2. The average molecular weight is 509 g/mol. The molecule has 0 atom stereocenters. The van der Waals surface area contributed by atoms with E-state index in [2.05, 4.69) is 32.9 Å². The van der Waals surface area contributed by atoms with Crippen molar-refractivity contribution < 1.29 is 13.2 Å². The first-order valence-corrected chi connectivity index (χ1v) is 10.8. The lowest BCUT2D eigenvalue weighted by molar-refractivity contribution is 0.568. The first-order valence-electron chi connectivity index (χ1n) is 10.8. The molecule has 0 saturated heterocycles. The average Bonchev–Trinajstić information content (AvgIpc) is 2.83. The summed E-state index contributed by atoms with van der Waals surface area (Å²) in [5.41, 5.74) is 9.94. The van der Waals surface area contributed by atoms with Crippen molar-refractivity contribution in [3.63, 3.8) is 0 Å². The maximum absolute atomic E-state index is 14.7. The third-order valence-corrected chi connectivity index (χ3v) is 5.12. The minimum absolute atomic E-state index is 0.0103. The Balaban J connectivity index is 0.00000121. The number of pyridine rings is 1. The number of para-hydroxylation sites is 1. The fourth-order valence-corrected chi connectivity index (χ4v) is 3.61. The van der Waals surface area contributed by atoms with Gasteiger partial charge in [-0.3, -0.25) is 9.36 Å². The maximum atomic E-state index is 14.7. The molecule has 0 unspecified atom stereocenters. The third kappa shape index (κ3) is 5.96. The van der Waals surface area contributed by atoms with Gasteiger partial charge in [-0.1, -0.05) is 12.6 Å². The molecule has 6 N–H and O–H groups in total. The van der Waals surface area contributed by atoms with Crippen LogP contribution < -0.4 is 27.7 Å². The molecule has 0 radical (unpaired) electrons. The number of nitrogens with zero attached hydrogens (tertiary/aromatic N) is 4. The molecule has 0 saturated carbocycles. The smallest absolute Gasteiger partial charge is 0.256 e. The molecule has 0 bridgehead atoms. The number of halogens is 3. The standard InChI is InChI=1S/C24H21F3N6O.CH2N2/c1-13-12-15(25)6-7-16(13)21-17-8-9-20(34)33(22-18(26)4-3-5-19(22)27)23(17)32-24(31-21)30-11-10-29-14(2)28;2-1-3/h3-9,12,29H,2,10-11,28H2,1H3,(H,30,31,32);2H2. The Hall–Kier alpha value is -5.05. The number of hydrogen-bond donors (Lipinski definition) is 4. The van der Waals surface area contributed by atoms with Crippen LogP contribution in [-0.2, 0) is 0 Å². The van der Waals surface area contributed by atoms with Gasteiger partial charge in [0.1, 0.15) is 23.1 Å². The van der Waals surface area contributed by atoms with Crippen molar-refractivity contribution in [3.8, 4) is 23.1 Å². The van der Waals surface area contributed by atoms with E-state index in [0.29, 0.717) is 35.3 Å². The molecule has 190 valence electrons. The first kappa shape index (κ1) is 26.6. The molecule has 2 aromatic carbocycles. The number of anilines is 1. The predicted molar refractivity (Wildman–Crippen MR) is 135 cm³/mol. The quantitative estimate of drug-likeness (QED) is 0.169. The van der Waals surface area contributed by atoms with E-state index in [4.69, 9.17) is 11.0 Å². The number of aromatic nitrogens is 3. The Labute approximate surface area is 209 Å². The SMILES string of the molecule is C=C(N)NCCNc1nc(-c2ccc(F)cc2C)c2ccc(=O)n(-c3c(F)cccc3F)c2n1.N#CN. The van der Waals surface area contributed by atoms with Crippen molar-refractivity contribution >= 4 is 17.0 Å². The van der Waals surface area contributed by atoms with Crippen molar-refractivity contribution in [2.75, 3.05) is 18.4 Å². The van der Waals surface area contributed by atoms with Crippen molar-refractivity contribution in [1.29, 1.82) is 5.26 Å². The van der Waals surface area contributed by atoms with E-state index in [0.717, 1.165) is 16.7 Å². The van der Waals surface area contributed by atoms with Crippen LogP contribution in [0.25, 0.3) is 28.0 Å². The number of rotatable bonds is 7. The zero-order valence-corrected chi connectivity index (χ0v) is 19.7. The Morgan fingerprint density at radius 3 is 2.41 bits per heavy atom. The lowest BCUT2D eigenvalue weighted by atomic mass is 10.0. The van der Waals surface area contributed by atoms with Gasteiger partial charge in [0.05, 0.1) is 11.5 Å². The van der Waals surface area contributed by atoms with E-state index in [1.807, 2.05) is 0 Å². The van der Waals surface area contributed by atoms with Crippen molar-refractivity contribution in [3.05, 3.63) is 94.3 Å². The zero-order valence-electron chi connectivity index (χ0n) is 19.7. The molecule has 2 aromatic heterocycles. The molecule has 0 aliphatic rings. The summed E-state index contributed by atoms with van der Waals surface area (Å²) in [4.78, 5) is 21.8. The minimum Gasteiger partial charge on any atom is -0.386 e. The lowest BCUT2D eigenvalue weighted by Crippen LogP contribution is -2.26. The highest BCUT2D eigenvalue weighted by Gasteiger charge is 2.20. The first-order chi connectivity index (χ1) is 17.7. The van der Waals surface area contributed by atoms with Gasteiger partial charge in [-0.2, -0.15) is 10.2 Å². The molecule has 4 aromatic rings. The Morgan fingerprint density at radius 2 is 1.78 bits per heavy atom. The molecule has 12 heteroatoms. The van der Waals surface area contributed by atoms with E-state index >= 15 is 0 Å². The van der Waals surface area contributed by atoms with Crippen molar-refractivity contribution in [2.24, 2.45) is 11.5 Å². The van der Waals surface area contributed by atoms with Crippen LogP contribution in [0, 0.1) is 35.8 Å². The van der Waals surface area contributed by atoms with Crippen LogP contribution in [0.3, 0.4) is 0 Å². The molecule has 4 rings (SSSR count). The molecule has 0 spiro atoms. The molecule has 0 aliphatic carbocycles. The predicted octanol–water partition coefficient (Wildman–Crippen LogP) is 3.03. The Kier molecular flexibility index (Phi) is 8.31. The van der Waals surface area contributed by atoms with Gasteiger partial charge < -0.3 is 22.1 Å². The molecule has 9 nitrogen and oxygen atoms in total. The van der Waals surface area contributed by atoms with Gasteiger partial charge in [0.2, 0.25) is 5.95 Å². The van der Waals surface area contributed by atoms with Gasteiger partial charge >= 0.3 is 0 Å².